The number of hydrogen-bond acceptors (Lipinski definition) is 3. The van der Waals surface area contributed by atoms with E-state index in [1.54, 1.807) is 19.3 Å². The van der Waals surface area contributed by atoms with E-state index in [-0.39, 0.29) is 17.9 Å². The Labute approximate surface area is 90.1 Å². The summed E-state index contributed by atoms with van der Waals surface area (Å²) in [5.41, 5.74) is 0. The molecule has 0 aliphatic carbocycles. The minimum Gasteiger partial charge on any atom is -0.309 e. The van der Waals surface area contributed by atoms with Crippen LogP contribution in [0.15, 0.2) is 24.4 Å². The molecular formula is C11H17N3O. The first-order valence-electron chi connectivity index (χ1n) is 5.04. The van der Waals surface area contributed by atoms with Gasteiger partial charge in [0.05, 0.1) is 6.04 Å². The molecule has 0 aliphatic rings. The summed E-state index contributed by atoms with van der Waals surface area (Å²) in [6, 6.07) is 5.23. The third-order valence-electron chi connectivity index (χ3n) is 2.18. The van der Waals surface area contributed by atoms with Gasteiger partial charge < -0.3 is 10.6 Å². The van der Waals surface area contributed by atoms with Gasteiger partial charge in [-0.25, -0.2) is 4.98 Å². The van der Waals surface area contributed by atoms with Gasteiger partial charge in [-0.1, -0.05) is 19.9 Å². The van der Waals surface area contributed by atoms with Gasteiger partial charge in [0.1, 0.15) is 5.82 Å². The molecule has 1 aromatic heterocycles. The van der Waals surface area contributed by atoms with Crippen LogP contribution in [0, 0.1) is 5.92 Å². The number of nitrogens with one attached hydrogen (secondary N) is 2. The van der Waals surface area contributed by atoms with E-state index >= 15 is 0 Å². The first-order chi connectivity index (χ1) is 7.15. The van der Waals surface area contributed by atoms with Crippen LogP contribution in [-0.2, 0) is 4.79 Å². The molecule has 0 fully saturated rings. The second-order valence-corrected chi connectivity index (χ2v) is 3.71. The van der Waals surface area contributed by atoms with Crippen molar-refractivity contribution >= 4 is 11.7 Å². The molecule has 1 unspecified atom stereocenters. The van der Waals surface area contributed by atoms with Gasteiger partial charge in [-0.2, -0.15) is 0 Å². The number of carbonyl (C=O) groups excluding carboxylic acids is 1. The Morgan fingerprint density at radius 1 is 1.40 bits per heavy atom. The Morgan fingerprint density at radius 3 is 2.60 bits per heavy atom. The highest BCUT2D eigenvalue weighted by Gasteiger charge is 2.19. The maximum Gasteiger partial charge on any atom is 0.242 e. The predicted octanol–water partition coefficient (Wildman–Crippen LogP) is 1.26. The maximum atomic E-state index is 11.8. The number of carbonyl (C=O) groups is 1. The number of hydrogen-bond donors (Lipinski definition) is 2. The Morgan fingerprint density at radius 2 is 2.13 bits per heavy atom. The van der Waals surface area contributed by atoms with Gasteiger partial charge in [-0.05, 0) is 25.1 Å². The number of anilines is 1. The number of nitrogens with zero attached hydrogens (tertiary/aromatic N) is 1. The topological polar surface area (TPSA) is 54.0 Å². The van der Waals surface area contributed by atoms with Crippen LogP contribution in [0.25, 0.3) is 0 Å². The fraction of sp³-hybridized carbons (Fsp3) is 0.455. The smallest absolute Gasteiger partial charge is 0.242 e. The first-order valence-corrected chi connectivity index (χ1v) is 5.04. The van der Waals surface area contributed by atoms with Crippen LogP contribution in [0.5, 0.6) is 0 Å². The molecular weight excluding hydrogens is 190 g/mol. The van der Waals surface area contributed by atoms with Crippen molar-refractivity contribution in [2.75, 3.05) is 12.4 Å². The van der Waals surface area contributed by atoms with Crippen LogP contribution in [0.4, 0.5) is 5.82 Å². The predicted molar refractivity (Wildman–Crippen MR) is 60.6 cm³/mol. The summed E-state index contributed by atoms with van der Waals surface area (Å²) in [7, 11) is 1.78. The summed E-state index contributed by atoms with van der Waals surface area (Å²) in [5, 5.41) is 5.74. The number of likely N-dealkylation sites (N-methyl/N-ethyl adjacent to an activating group) is 1. The van der Waals surface area contributed by atoms with Crippen LogP contribution in [0.2, 0.25) is 0 Å². The highest BCUT2D eigenvalue weighted by atomic mass is 16.2. The Hall–Kier alpha value is -1.42. The van der Waals surface area contributed by atoms with E-state index in [1.807, 2.05) is 26.0 Å². The zero-order valence-electron chi connectivity index (χ0n) is 9.32. The van der Waals surface area contributed by atoms with Crippen molar-refractivity contribution in [2.24, 2.45) is 5.92 Å². The second-order valence-electron chi connectivity index (χ2n) is 3.71. The van der Waals surface area contributed by atoms with Gasteiger partial charge in [-0.15, -0.1) is 0 Å². The zero-order valence-corrected chi connectivity index (χ0v) is 9.32. The van der Waals surface area contributed by atoms with Crippen molar-refractivity contribution in [1.29, 1.82) is 0 Å². The molecule has 2 N–H and O–H groups in total. The van der Waals surface area contributed by atoms with E-state index in [4.69, 9.17) is 0 Å². The molecule has 0 radical (unpaired) electrons. The van der Waals surface area contributed by atoms with E-state index in [2.05, 4.69) is 15.6 Å². The lowest BCUT2D eigenvalue weighted by Gasteiger charge is -2.18. The molecule has 15 heavy (non-hydrogen) atoms. The Bertz CT molecular complexity index is 311. The summed E-state index contributed by atoms with van der Waals surface area (Å²) in [6.45, 7) is 4.00. The molecule has 1 atom stereocenters. The van der Waals surface area contributed by atoms with Crippen molar-refractivity contribution in [3.05, 3.63) is 24.4 Å². The van der Waals surface area contributed by atoms with E-state index in [1.165, 1.54) is 0 Å². The lowest BCUT2D eigenvalue weighted by Crippen LogP contribution is -2.42. The third-order valence-corrected chi connectivity index (χ3v) is 2.18. The number of pyridine rings is 1. The standard InChI is InChI=1S/C11H17N3O/c1-8(2)10(12-3)11(15)14-9-6-4-5-7-13-9/h4-8,10,12H,1-3H3,(H,13,14,15). The SMILES string of the molecule is CNC(C(=O)Nc1ccccn1)C(C)C. The molecule has 0 bridgehead atoms. The van der Waals surface area contributed by atoms with Crippen molar-refractivity contribution in [1.82, 2.24) is 10.3 Å². The lowest BCUT2D eigenvalue weighted by atomic mass is 10.0. The van der Waals surface area contributed by atoms with Gasteiger partial charge >= 0.3 is 0 Å². The fourth-order valence-electron chi connectivity index (χ4n) is 1.41. The second kappa shape index (κ2) is 5.46. The average molecular weight is 207 g/mol. The van der Waals surface area contributed by atoms with E-state index < -0.39 is 0 Å². The van der Waals surface area contributed by atoms with Crippen molar-refractivity contribution in [2.45, 2.75) is 19.9 Å². The lowest BCUT2D eigenvalue weighted by molar-refractivity contribution is -0.119. The minimum atomic E-state index is -0.188. The molecule has 0 saturated carbocycles. The quantitative estimate of drug-likeness (QED) is 0.781. The molecule has 1 heterocycles. The van der Waals surface area contributed by atoms with Crippen molar-refractivity contribution < 1.29 is 4.79 Å². The first kappa shape index (κ1) is 11.7. The van der Waals surface area contributed by atoms with E-state index in [9.17, 15) is 4.79 Å². The molecule has 1 aromatic rings. The molecule has 0 spiro atoms. The molecule has 4 heteroatoms. The summed E-state index contributed by atoms with van der Waals surface area (Å²) < 4.78 is 0. The van der Waals surface area contributed by atoms with Crippen molar-refractivity contribution in [3.8, 4) is 0 Å². The monoisotopic (exact) mass is 207 g/mol. The van der Waals surface area contributed by atoms with Crippen LogP contribution < -0.4 is 10.6 Å². The number of aromatic nitrogens is 1. The van der Waals surface area contributed by atoms with E-state index in [0.29, 0.717) is 5.82 Å². The van der Waals surface area contributed by atoms with Gasteiger partial charge in [0.2, 0.25) is 5.91 Å². The maximum absolute atomic E-state index is 11.8. The van der Waals surface area contributed by atoms with Crippen LogP contribution in [0.1, 0.15) is 13.8 Å². The number of amides is 1. The molecule has 0 aromatic carbocycles. The van der Waals surface area contributed by atoms with Crippen LogP contribution >= 0.6 is 0 Å². The van der Waals surface area contributed by atoms with Gasteiger partial charge in [0, 0.05) is 6.20 Å². The minimum absolute atomic E-state index is 0.0498. The number of rotatable bonds is 4. The van der Waals surface area contributed by atoms with Crippen molar-refractivity contribution in [3.63, 3.8) is 0 Å². The Balaban J connectivity index is 2.62. The Kier molecular flexibility index (Phi) is 4.24. The average Bonchev–Trinajstić information content (AvgIpc) is 2.19. The molecule has 1 rings (SSSR count). The molecule has 4 nitrogen and oxygen atoms in total. The summed E-state index contributed by atoms with van der Waals surface area (Å²) in [5.74, 6) is 0.785. The van der Waals surface area contributed by atoms with Gasteiger partial charge in [-0.3, -0.25) is 4.79 Å². The summed E-state index contributed by atoms with van der Waals surface area (Å²) >= 11 is 0. The van der Waals surface area contributed by atoms with Crippen LogP contribution in [-0.4, -0.2) is 24.0 Å². The van der Waals surface area contributed by atoms with Gasteiger partial charge in [0.15, 0.2) is 0 Å². The summed E-state index contributed by atoms with van der Waals surface area (Å²) in [6.07, 6.45) is 1.65. The molecule has 0 saturated heterocycles. The highest BCUT2D eigenvalue weighted by molar-refractivity contribution is 5.94. The summed E-state index contributed by atoms with van der Waals surface area (Å²) in [4.78, 5) is 15.8. The normalized spacial score (nSPS) is 12.5. The van der Waals surface area contributed by atoms with E-state index in [0.717, 1.165) is 0 Å². The third kappa shape index (κ3) is 3.32. The molecule has 82 valence electrons. The molecule has 1 amide bonds. The largest absolute Gasteiger partial charge is 0.309 e. The highest BCUT2D eigenvalue weighted by Crippen LogP contribution is 2.05. The zero-order chi connectivity index (χ0) is 11.3. The van der Waals surface area contributed by atoms with Crippen LogP contribution in [0.3, 0.4) is 0 Å². The fourth-order valence-corrected chi connectivity index (χ4v) is 1.41. The van der Waals surface area contributed by atoms with Gasteiger partial charge in [0.25, 0.3) is 0 Å². The molecule has 0 aliphatic heterocycles.